The van der Waals surface area contributed by atoms with Crippen molar-refractivity contribution >= 4 is 55.7 Å². The largest absolute Gasteiger partial charge is 0.357 e. The van der Waals surface area contributed by atoms with E-state index in [2.05, 4.69) is 44.0 Å². The topological polar surface area (TPSA) is 65.0 Å². The summed E-state index contributed by atoms with van der Waals surface area (Å²) >= 11 is 3.58. The van der Waals surface area contributed by atoms with Crippen molar-refractivity contribution in [2.45, 2.75) is 13.5 Å². The SMILES string of the molecule is CCNC(=NCCN1CCS(=O)(=O)CC1)N(C)Cc1ccccc1Br.I. The standard InChI is InChI=1S/C17H27BrN4O2S.HI/c1-3-19-17(21(2)14-15-6-4-5-7-16(15)18)20-8-9-22-10-12-25(23,24)13-11-22;/h4-7H,3,8-14H2,1-2H3,(H,19,20);1H. The molecule has 1 aliphatic heterocycles. The molecule has 0 spiro atoms. The van der Waals surface area contributed by atoms with Gasteiger partial charge in [0.05, 0.1) is 18.1 Å². The Labute approximate surface area is 182 Å². The van der Waals surface area contributed by atoms with Crippen molar-refractivity contribution in [3.05, 3.63) is 34.3 Å². The van der Waals surface area contributed by atoms with Crippen molar-refractivity contribution in [3.63, 3.8) is 0 Å². The van der Waals surface area contributed by atoms with Gasteiger partial charge in [-0.25, -0.2) is 8.42 Å². The predicted octanol–water partition coefficient (Wildman–Crippen LogP) is 2.19. The minimum atomic E-state index is -2.82. The van der Waals surface area contributed by atoms with E-state index in [0.717, 1.165) is 30.1 Å². The van der Waals surface area contributed by atoms with E-state index in [1.54, 1.807) is 0 Å². The fraction of sp³-hybridized carbons (Fsp3) is 0.588. The average molecular weight is 559 g/mol. The van der Waals surface area contributed by atoms with Gasteiger partial charge in [0.1, 0.15) is 0 Å². The molecule has 1 fully saturated rings. The number of sulfone groups is 1. The van der Waals surface area contributed by atoms with Crippen LogP contribution in [0.15, 0.2) is 33.7 Å². The Balaban J connectivity index is 0.00000338. The minimum absolute atomic E-state index is 0. The molecule has 1 aromatic carbocycles. The van der Waals surface area contributed by atoms with Gasteiger partial charge in [0.15, 0.2) is 15.8 Å². The molecule has 1 N–H and O–H groups in total. The van der Waals surface area contributed by atoms with E-state index in [0.29, 0.717) is 19.6 Å². The molecule has 0 aromatic heterocycles. The molecular formula is C17H28BrIN4O2S. The zero-order chi connectivity index (χ0) is 18.3. The molecule has 0 atom stereocenters. The average Bonchev–Trinajstić information content (AvgIpc) is 2.57. The first-order valence-corrected chi connectivity index (χ1v) is 11.2. The quantitative estimate of drug-likeness (QED) is 0.329. The van der Waals surface area contributed by atoms with E-state index in [9.17, 15) is 8.42 Å². The highest BCUT2D eigenvalue weighted by atomic mass is 127. The van der Waals surface area contributed by atoms with Crippen LogP contribution >= 0.6 is 39.9 Å². The van der Waals surface area contributed by atoms with Gasteiger partial charge in [-0.05, 0) is 18.6 Å². The Morgan fingerprint density at radius 1 is 1.31 bits per heavy atom. The molecule has 2 rings (SSSR count). The Hall–Kier alpha value is -0.390. The molecule has 1 aromatic rings. The van der Waals surface area contributed by atoms with Gasteiger partial charge in [-0.15, -0.1) is 24.0 Å². The molecule has 0 radical (unpaired) electrons. The highest BCUT2D eigenvalue weighted by Gasteiger charge is 2.20. The first-order valence-electron chi connectivity index (χ1n) is 8.57. The van der Waals surface area contributed by atoms with Crippen LogP contribution in [0, 0.1) is 0 Å². The summed E-state index contributed by atoms with van der Waals surface area (Å²) in [6.45, 7) is 6.28. The smallest absolute Gasteiger partial charge is 0.194 e. The van der Waals surface area contributed by atoms with Crippen molar-refractivity contribution < 1.29 is 8.42 Å². The van der Waals surface area contributed by atoms with Crippen LogP contribution in [0.4, 0.5) is 0 Å². The first-order chi connectivity index (χ1) is 11.9. The summed E-state index contributed by atoms with van der Waals surface area (Å²) in [5.41, 5.74) is 1.21. The molecular weight excluding hydrogens is 531 g/mol. The second-order valence-electron chi connectivity index (χ2n) is 6.18. The number of nitrogens with zero attached hydrogens (tertiary/aromatic N) is 3. The summed E-state index contributed by atoms with van der Waals surface area (Å²) in [4.78, 5) is 8.96. The van der Waals surface area contributed by atoms with E-state index in [4.69, 9.17) is 4.99 Å². The molecule has 1 aliphatic rings. The Morgan fingerprint density at radius 2 is 1.96 bits per heavy atom. The summed E-state index contributed by atoms with van der Waals surface area (Å²) in [5, 5.41) is 3.32. The van der Waals surface area contributed by atoms with E-state index in [1.165, 1.54) is 5.56 Å². The summed E-state index contributed by atoms with van der Waals surface area (Å²) in [5.74, 6) is 1.39. The van der Waals surface area contributed by atoms with Crippen LogP contribution in [0.5, 0.6) is 0 Å². The number of benzene rings is 1. The van der Waals surface area contributed by atoms with Crippen LogP contribution in [0.2, 0.25) is 0 Å². The third-order valence-electron chi connectivity index (χ3n) is 4.18. The molecule has 1 saturated heterocycles. The van der Waals surface area contributed by atoms with E-state index in [-0.39, 0.29) is 35.5 Å². The van der Waals surface area contributed by atoms with Gasteiger partial charge in [-0.3, -0.25) is 9.89 Å². The number of rotatable bonds is 6. The fourth-order valence-corrected chi connectivity index (χ4v) is 4.38. The lowest BCUT2D eigenvalue weighted by Gasteiger charge is -2.26. The second-order valence-corrected chi connectivity index (χ2v) is 9.33. The maximum absolute atomic E-state index is 11.5. The maximum atomic E-state index is 11.5. The van der Waals surface area contributed by atoms with Gasteiger partial charge in [-0.1, -0.05) is 34.1 Å². The lowest BCUT2D eigenvalue weighted by atomic mass is 10.2. The lowest BCUT2D eigenvalue weighted by Crippen LogP contribution is -2.42. The van der Waals surface area contributed by atoms with Crippen LogP contribution in [0.25, 0.3) is 0 Å². The molecule has 0 bridgehead atoms. The number of hydrogen-bond acceptors (Lipinski definition) is 4. The summed E-state index contributed by atoms with van der Waals surface area (Å²) in [6, 6.07) is 8.17. The van der Waals surface area contributed by atoms with Crippen LogP contribution in [0.1, 0.15) is 12.5 Å². The molecule has 148 valence electrons. The minimum Gasteiger partial charge on any atom is -0.357 e. The molecule has 26 heavy (non-hydrogen) atoms. The Bertz CT molecular complexity index is 686. The lowest BCUT2D eigenvalue weighted by molar-refractivity contribution is 0.303. The van der Waals surface area contributed by atoms with Crippen molar-refractivity contribution in [1.29, 1.82) is 0 Å². The third kappa shape index (κ3) is 7.69. The highest BCUT2D eigenvalue weighted by Crippen LogP contribution is 2.17. The number of aliphatic imine (C=N–C) groups is 1. The molecule has 1 heterocycles. The molecule has 0 aliphatic carbocycles. The zero-order valence-corrected chi connectivity index (χ0v) is 20.1. The van der Waals surface area contributed by atoms with Gasteiger partial charge >= 0.3 is 0 Å². The molecule has 0 saturated carbocycles. The molecule has 0 amide bonds. The second kappa shape index (κ2) is 11.5. The Morgan fingerprint density at radius 3 is 2.58 bits per heavy atom. The number of halogens is 2. The van der Waals surface area contributed by atoms with E-state index >= 15 is 0 Å². The summed E-state index contributed by atoms with van der Waals surface area (Å²) in [6.07, 6.45) is 0. The van der Waals surface area contributed by atoms with Crippen molar-refractivity contribution in [3.8, 4) is 0 Å². The van der Waals surface area contributed by atoms with Crippen LogP contribution in [-0.4, -0.2) is 75.5 Å². The predicted molar refractivity (Wildman–Crippen MR) is 122 cm³/mol. The van der Waals surface area contributed by atoms with Crippen LogP contribution in [0.3, 0.4) is 0 Å². The maximum Gasteiger partial charge on any atom is 0.194 e. The number of hydrogen-bond donors (Lipinski definition) is 1. The van der Waals surface area contributed by atoms with Gasteiger partial charge in [0.2, 0.25) is 0 Å². The zero-order valence-electron chi connectivity index (χ0n) is 15.3. The monoisotopic (exact) mass is 558 g/mol. The van der Waals surface area contributed by atoms with Gasteiger partial charge in [-0.2, -0.15) is 0 Å². The van der Waals surface area contributed by atoms with Gasteiger partial charge in [0, 0.05) is 44.2 Å². The van der Waals surface area contributed by atoms with Crippen LogP contribution in [-0.2, 0) is 16.4 Å². The van der Waals surface area contributed by atoms with Crippen molar-refractivity contribution in [2.75, 3.05) is 51.3 Å². The molecule has 0 unspecified atom stereocenters. The first kappa shape index (κ1) is 23.6. The third-order valence-corrected chi connectivity index (χ3v) is 6.56. The highest BCUT2D eigenvalue weighted by molar-refractivity contribution is 14.0. The van der Waals surface area contributed by atoms with Gasteiger partial charge in [0.25, 0.3) is 0 Å². The van der Waals surface area contributed by atoms with Crippen molar-refractivity contribution in [2.24, 2.45) is 4.99 Å². The van der Waals surface area contributed by atoms with Crippen LogP contribution < -0.4 is 5.32 Å². The van der Waals surface area contributed by atoms with Crippen molar-refractivity contribution in [1.82, 2.24) is 15.1 Å². The van der Waals surface area contributed by atoms with E-state index in [1.807, 2.05) is 25.2 Å². The van der Waals surface area contributed by atoms with E-state index < -0.39 is 9.84 Å². The molecule has 9 heteroatoms. The molecule has 6 nitrogen and oxygen atoms in total. The van der Waals surface area contributed by atoms with Gasteiger partial charge < -0.3 is 10.2 Å². The summed E-state index contributed by atoms with van der Waals surface area (Å²) < 4.78 is 24.0. The normalized spacial score (nSPS) is 17.4. The Kier molecular flexibility index (Phi) is 10.4. The fourth-order valence-electron chi connectivity index (χ4n) is 2.70. The number of guanidine groups is 1. The number of nitrogens with one attached hydrogen (secondary N) is 1. The summed E-state index contributed by atoms with van der Waals surface area (Å²) in [7, 11) is -0.798.